The summed E-state index contributed by atoms with van der Waals surface area (Å²) in [6, 6.07) is 8.08. The summed E-state index contributed by atoms with van der Waals surface area (Å²) < 4.78 is 45.2. The first-order valence-corrected chi connectivity index (χ1v) is 11.9. The molecule has 1 aromatic heterocycles. The molecule has 3 aromatic rings. The van der Waals surface area contributed by atoms with Crippen molar-refractivity contribution in [2.75, 3.05) is 22.9 Å². The van der Waals surface area contributed by atoms with Gasteiger partial charge < -0.3 is 9.80 Å². The Balaban J connectivity index is 2.10. The molecular formula is C28H32F3N4O+. The van der Waals surface area contributed by atoms with E-state index in [1.165, 1.54) is 17.1 Å². The molecule has 0 spiro atoms. The molecule has 1 aliphatic heterocycles. The number of alkyl halides is 3. The zero-order chi connectivity index (χ0) is 26.5. The minimum Gasteiger partial charge on any atom is -0.322 e. The zero-order valence-electron chi connectivity index (χ0n) is 21.8. The summed E-state index contributed by atoms with van der Waals surface area (Å²) in [7, 11) is 1.71. The van der Waals surface area contributed by atoms with Gasteiger partial charge in [-0.2, -0.15) is 17.7 Å². The lowest BCUT2D eigenvalue weighted by atomic mass is 10.0. The van der Waals surface area contributed by atoms with Gasteiger partial charge in [0.05, 0.1) is 7.05 Å². The highest BCUT2D eigenvalue weighted by Gasteiger charge is 2.48. The second-order valence-electron chi connectivity index (χ2n) is 9.78. The summed E-state index contributed by atoms with van der Waals surface area (Å²) in [5.74, 6) is -1.64. The second kappa shape index (κ2) is 9.15. The molecule has 1 saturated heterocycles. The number of ketones is 1. The molecule has 0 unspecified atom stereocenters. The van der Waals surface area contributed by atoms with E-state index in [1.54, 1.807) is 17.8 Å². The number of aryl methyl sites for hydroxylation is 7. The van der Waals surface area contributed by atoms with E-state index in [1.807, 2.05) is 75.6 Å². The van der Waals surface area contributed by atoms with Crippen LogP contribution in [0.15, 0.2) is 48.8 Å². The molecule has 0 N–H and O–H groups in total. The summed E-state index contributed by atoms with van der Waals surface area (Å²) in [5, 5.41) is 0. The minimum absolute atomic E-state index is 0.235. The number of halogens is 3. The lowest BCUT2D eigenvalue weighted by molar-refractivity contribution is -0.670. The van der Waals surface area contributed by atoms with Crippen molar-refractivity contribution < 1.29 is 22.5 Å². The van der Waals surface area contributed by atoms with Crippen molar-refractivity contribution in [3.05, 3.63) is 82.2 Å². The Bertz CT molecular complexity index is 1270. The van der Waals surface area contributed by atoms with Crippen molar-refractivity contribution in [2.24, 2.45) is 7.05 Å². The number of hydrogen-bond donors (Lipinski definition) is 0. The zero-order valence-corrected chi connectivity index (χ0v) is 21.8. The minimum atomic E-state index is -5.04. The quantitative estimate of drug-likeness (QED) is 0.355. The van der Waals surface area contributed by atoms with Gasteiger partial charge in [0.25, 0.3) is 0 Å². The Labute approximate surface area is 210 Å². The molecule has 4 rings (SSSR count). The van der Waals surface area contributed by atoms with Gasteiger partial charge in [-0.3, -0.25) is 4.79 Å². The van der Waals surface area contributed by atoms with Gasteiger partial charge in [-0.1, -0.05) is 35.4 Å². The summed E-state index contributed by atoms with van der Waals surface area (Å²) in [6.07, 6.45) is -0.437. The number of benzene rings is 2. The molecular weight excluding hydrogens is 465 g/mol. The van der Waals surface area contributed by atoms with Crippen LogP contribution < -0.4 is 14.4 Å². The number of Topliss-reactive ketones (excluding diaryl/α,β-unsaturated/α-hetero) is 1. The van der Waals surface area contributed by atoms with Crippen molar-refractivity contribution in [1.82, 2.24) is 4.57 Å². The van der Waals surface area contributed by atoms with Crippen molar-refractivity contribution >= 4 is 22.9 Å². The van der Waals surface area contributed by atoms with E-state index in [0.717, 1.165) is 44.8 Å². The standard InChI is InChI=1S/C28H32F3N4O/c1-17-12-19(3)23(20(4)13-17)34-10-11-35(24-21(5)14-18(2)15-22(24)6)27(34)25(26(36)28(29,30)31)33-9-8-32(7)16-33/h8-9,12-16H,10-11H2,1-7H3/q+1. The van der Waals surface area contributed by atoms with Crippen LogP contribution in [0.1, 0.15) is 33.4 Å². The third-order valence-electron chi connectivity index (χ3n) is 6.58. The molecule has 2 heterocycles. The van der Waals surface area contributed by atoms with Crippen LogP contribution in [0, 0.1) is 41.5 Å². The van der Waals surface area contributed by atoms with Crippen LogP contribution in [0.25, 0.3) is 5.70 Å². The van der Waals surface area contributed by atoms with Gasteiger partial charge in [-0.25, -0.2) is 4.57 Å². The molecule has 2 aromatic carbocycles. The molecule has 36 heavy (non-hydrogen) atoms. The Kier molecular flexibility index (Phi) is 6.49. The number of carbonyl (C=O) groups excluding carboxylic acids is 1. The number of allylic oxidation sites excluding steroid dienone is 1. The lowest BCUT2D eigenvalue weighted by Gasteiger charge is -2.30. The molecule has 0 atom stereocenters. The molecule has 8 heteroatoms. The van der Waals surface area contributed by atoms with Gasteiger partial charge in [0.1, 0.15) is 12.4 Å². The maximum Gasteiger partial charge on any atom is 0.458 e. The Morgan fingerprint density at radius 3 is 1.56 bits per heavy atom. The Hall–Kier alpha value is -3.55. The highest BCUT2D eigenvalue weighted by molar-refractivity contribution is 6.20. The van der Waals surface area contributed by atoms with E-state index in [9.17, 15) is 18.0 Å². The van der Waals surface area contributed by atoms with Crippen LogP contribution in [0.5, 0.6) is 0 Å². The van der Waals surface area contributed by atoms with Crippen molar-refractivity contribution in [2.45, 2.75) is 47.7 Å². The van der Waals surface area contributed by atoms with E-state index >= 15 is 0 Å². The van der Waals surface area contributed by atoms with Crippen molar-refractivity contribution in [1.29, 1.82) is 0 Å². The number of aromatic nitrogens is 2. The van der Waals surface area contributed by atoms with Crippen LogP contribution in [0.2, 0.25) is 0 Å². The first-order valence-electron chi connectivity index (χ1n) is 11.9. The molecule has 0 radical (unpaired) electrons. The predicted molar refractivity (Wildman–Crippen MR) is 136 cm³/mol. The molecule has 0 saturated carbocycles. The monoisotopic (exact) mass is 497 g/mol. The molecule has 190 valence electrons. The van der Waals surface area contributed by atoms with Crippen LogP contribution in [0.4, 0.5) is 24.5 Å². The van der Waals surface area contributed by atoms with Gasteiger partial charge >= 0.3 is 12.0 Å². The maximum atomic E-state index is 14.1. The first kappa shape index (κ1) is 25.5. The van der Waals surface area contributed by atoms with E-state index in [-0.39, 0.29) is 5.82 Å². The van der Waals surface area contributed by atoms with E-state index in [4.69, 9.17) is 0 Å². The van der Waals surface area contributed by atoms with Crippen LogP contribution in [-0.2, 0) is 11.8 Å². The number of carbonyl (C=O) groups is 1. The number of hydrogen-bond acceptors (Lipinski definition) is 3. The first-order chi connectivity index (χ1) is 16.8. The Morgan fingerprint density at radius 1 is 0.806 bits per heavy atom. The second-order valence-corrected chi connectivity index (χ2v) is 9.78. The Morgan fingerprint density at radius 2 is 1.22 bits per heavy atom. The topological polar surface area (TPSA) is 32.4 Å². The van der Waals surface area contributed by atoms with Crippen LogP contribution in [-0.4, -0.2) is 29.6 Å². The number of imidazole rings is 1. The third kappa shape index (κ3) is 4.52. The van der Waals surface area contributed by atoms with Crippen LogP contribution in [0.3, 0.4) is 0 Å². The third-order valence-corrected chi connectivity index (χ3v) is 6.58. The van der Waals surface area contributed by atoms with E-state index in [2.05, 4.69) is 0 Å². The van der Waals surface area contributed by atoms with Gasteiger partial charge in [-0.15, -0.1) is 0 Å². The predicted octanol–water partition coefficient (Wildman–Crippen LogP) is 5.45. The SMILES string of the molecule is Cc1cc(C)c(N2CCN(c3c(C)cc(C)cc3C)C2=C(C(=O)C(F)(F)F)n2cc[n+](C)c2)c(C)c1. The normalized spacial score (nSPS) is 14.1. The lowest BCUT2D eigenvalue weighted by Crippen LogP contribution is -2.35. The highest BCUT2D eigenvalue weighted by atomic mass is 19.4. The molecule has 0 aliphatic carbocycles. The highest BCUT2D eigenvalue weighted by Crippen LogP contribution is 2.41. The summed E-state index contributed by atoms with van der Waals surface area (Å²) >= 11 is 0. The average molecular weight is 498 g/mol. The fourth-order valence-electron chi connectivity index (χ4n) is 5.50. The fourth-order valence-corrected chi connectivity index (χ4v) is 5.50. The van der Waals surface area contributed by atoms with Crippen molar-refractivity contribution in [3.8, 4) is 0 Å². The maximum absolute atomic E-state index is 14.1. The summed E-state index contributed by atoms with van der Waals surface area (Å²) in [6.45, 7) is 12.7. The van der Waals surface area contributed by atoms with Crippen molar-refractivity contribution in [3.63, 3.8) is 0 Å². The van der Waals surface area contributed by atoms with Gasteiger partial charge in [-0.05, 0) is 63.8 Å². The van der Waals surface area contributed by atoms with Gasteiger partial charge in [0.15, 0.2) is 5.82 Å². The molecule has 0 bridgehead atoms. The van der Waals surface area contributed by atoms with Gasteiger partial charge in [0.2, 0.25) is 12.0 Å². The number of anilines is 2. The molecule has 0 amide bonds. The molecule has 5 nitrogen and oxygen atoms in total. The molecule has 1 aliphatic rings. The summed E-state index contributed by atoms with van der Waals surface area (Å²) in [4.78, 5) is 16.9. The molecule has 1 fully saturated rings. The van der Waals surface area contributed by atoms with Gasteiger partial charge in [0, 0.05) is 24.5 Å². The largest absolute Gasteiger partial charge is 0.458 e. The average Bonchev–Trinajstić information content (AvgIpc) is 3.34. The number of nitrogens with zero attached hydrogens (tertiary/aromatic N) is 4. The van der Waals surface area contributed by atoms with E-state index in [0.29, 0.717) is 13.1 Å². The summed E-state index contributed by atoms with van der Waals surface area (Å²) in [5.41, 5.74) is 7.16. The fraction of sp³-hybridized carbons (Fsp3) is 0.357. The number of rotatable bonds is 4. The van der Waals surface area contributed by atoms with E-state index < -0.39 is 17.7 Å². The smallest absolute Gasteiger partial charge is 0.322 e. The van der Waals surface area contributed by atoms with Crippen LogP contribution >= 0.6 is 0 Å².